The highest BCUT2D eigenvalue weighted by Crippen LogP contribution is 2.21. The molecule has 1 aromatic carbocycles. The van der Waals surface area contributed by atoms with Gasteiger partial charge in [-0.2, -0.15) is 0 Å². The van der Waals surface area contributed by atoms with Crippen LogP contribution in [0.5, 0.6) is 5.75 Å². The molecule has 0 unspecified atom stereocenters. The Morgan fingerprint density at radius 2 is 2.00 bits per heavy atom. The first-order valence-corrected chi connectivity index (χ1v) is 3.98. The van der Waals surface area contributed by atoms with E-state index >= 15 is 0 Å². The van der Waals surface area contributed by atoms with Gasteiger partial charge in [-0.3, -0.25) is 0 Å². The molecule has 0 bridgehead atoms. The third-order valence-corrected chi connectivity index (χ3v) is 1.67. The Hall–Kier alpha value is -1.91. The Labute approximate surface area is 84.6 Å². The Bertz CT molecular complexity index is 413. The van der Waals surface area contributed by atoms with E-state index in [0.29, 0.717) is 6.07 Å². The van der Waals surface area contributed by atoms with Crippen molar-refractivity contribution in [3.05, 3.63) is 35.4 Å². The molecule has 0 saturated carbocycles. The van der Waals surface area contributed by atoms with Crippen LogP contribution in [-0.4, -0.2) is 18.2 Å². The lowest BCUT2D eigenvalue weighted by Crippen LogP contribution is -1.93. The molecule has 3 nitrogen and oxygen atoms in total. The maximum Gasteiger partial charge on any atom is 0.330 e. The van der Waals surface area contributed by atoms with Crippen LogP contribution in [-0.2, 0) is 9.53 Å². The van der Waals surface area contributed by atoms with Gasteiger partial charge in [0.2, 0.25) is 0 Å². The quantitative estimate of drug-likeness (QED) is 0.603. The zero-order valence-corrected chi connectivity index (χ0v) is 7.83. The molecule has 0 fully saturated rings. The molecule has 5 heteroatoms. The predicted octanol–water partition coefficient (Wildman–Crippen LogP) is 1.86. The van der Waals surface area contributed by atoms with Crippen LogP contribution in [0, 0.1) is 11.6 Å². The lowest BCUT2D eigenvalue weighted by atomic mass is 10.1. The van der Waals surface area contributed by atoms with Crippen LogP contribution in [0.25, 0.3) is 6.08 Å². The number of rotatable bonds is 2. The standard InChI is InChI=1S/C10H8F2O3/c1-15-10(14)3-2-6-4-7(11)8(12)5-9(6)13/h2-5,13H,1H3. The third kappa shape index (κ3) is 2.77. The molecule has 0 radical (unpaired) electrons. The molecule has 0 amide bonds. The number of esters is 1. The lowest BCUT2D eigenvalue weighted by molar-refractivity contribution is -0.134. The van der Waals surface area contributed by atoms with Crippen LogP contribution < -0.4 is 0 Å². The highest BCUT2D eigenvalue weighted by molar-refractivity contribution is 5.87. The summed E-state index contributed by atoms with van der Waals surface area (Å²) in [5, 5.41) is 9.19. The summed E-state index contributed by atoms with van der Waals surface area (Å²) in [5.41, 5.74) is -0.000648. The van der Waals surface area contributed by atoms with Gasteiger partial charge in [0.05, 0.1) is 7.11 Å². The number of aromatic hydroxyl groups is 1. The number of phenols is 1. The fraction of sp³-hybridized carbons (Fsp3) is 0.100. The SMILES string of the molecule is COC(=O)C=Cc1cc(F)c(F)cc1O. The molecular weight excluding hydrogens is 206 g/mol. The minimum atomic E-state index is -1.15. The second-order valence-corrected chi connectivity index (χ2v) is 2.68. The Kier molecular flexibility index (Phi) is 3.38. The zero-order valence-electron chi connectivity index (χ0n) is 7.83. The van der Waals surface area contributed by atoms with Gasteiger partial charge in [0.25, 0.3) is 0 Å². The van der Waals surface area contributed by atoms with Crippen LogP contribution in [0.4, 0.5) is 8.78 Å². The average molecular weight is 214 g/mol. The summed E-state index contributed by atoms with van der Waals surface area (Å²) in [6.45, 7) is 0. The number of methoxy groups -OCH3 is 1. The van der Waals surface area contributed by atoms with Crippen LogP contribution in [0.1, 0.15) is 5.56 Å². The van der Waals surface area contributed by atoms with Gasteiger partial charge in [-0.25, -0.2) is 13.6 Å². The van der Waals surface area contributed by atoms with Gasteiger partial charge in [0.15, 0.2) is 11.6 Å². The Balaban J connectivity index is 3.00. The number of hydrogen-bond donors (Lipinski definition) is 1. The highest BCUT2D eigenvalue weighted by Gasteiger charge is 2.06. The van der Waals surface area contributed by atoms with Gasteiger partial charge in [0.1, 0.15) is 5.75 Å². The van der Waals surface area contributed by atoms with Crippen LogP contribution >= 0.6 is 0 Å². The Morgan fingerprint density at radius 3 is 2.60 bits per heavy atom. The van der Waals surface area contributed by atoms with E-state index in [1.807, 2.05) is 0 Å². The number of hydrogen-bond acceptors (Lipinski definition) is 3. The predicted molar refractivity (Wildman–Crippen MR) is 49.1 cm³/mol. The van der Waals surface area contributed by atoms with Crippen molar-refractivity contribution in [3.63, 3.8) is 0 Å². The maximum atomic E-state index is 12.7. The van der Waals surface area contributed by atoms with Crippen LogP contribution in [0.15, 0.2) is 18.2 Å². The fourth-order valence-corrected chi connectivity index (χ4v) is 0.911. The summed E-state index contributed by atoms with van der Waals surface area (Å²) < 4.78 is 29.6. The minimum absolute atomic E-state index is 0.000648. The van der Waals surface area contributed by atoms with Gasteiger partial charge < -0.3 is 9.84 Å². The van der Waals surface area contributed by atoms with Crippen molar-refractivity contribution in [1.82, 2.24) is 0 Å². The van der Waals surface area contributed by atoms with Crippen molar-refractivity contribution < 1.29 is 23.4 Å². The molecule has 0 spiro atoms. The van der Waals surface area contributed by atoms with E-state index in [1.54, 1.807) is 0 Å². The smallest absolute Gasteiger partial charge is 0.330 e. The number of carbonyl (C=O) groups is 1. The molecule has 0 atom stereocenters. The first-order chi connectivity index (χ1) is 7.04. The van der Waals surface area contributed by atoms with Gasteiger partial charge in [-0.1, -0.05) is 0 Å². The molecule has 1 N–H and O–H groups in total. The largest absolute Gasteiger partial charge is 0.507 e. The topological polar surface area (TPSA) is 46.5 Å². The van der Waals surface area contributed by atoms with E-state index in [2.05, 4.69) is 4.74 Å². The number of halogens is 2. The zero-order chi connectivity index (χ0) is 11.4. The van der Waals surface area contributed by atoms with E-state index in [1.165, 1.54) is 7.11 Å². The van der Waals surface area contributed by atoms with Crippen LogP contribution in [0.3, 0.4) is 0 Å². The van der Waals surface area contributed by atoms with E-state index in [9.17, 15) is 18.7 Å². The molecule has 0 aromatic heterocycles. The summed E-state index contributed by atoms with van der Waals surface area (Å²) in [5.74, 6) is -3.35. The highest BCUT2D eigenvalue weighted by atomic mass is 19.2. The second-order valence-electron chi connectivity index (χ2n) is 2.68. The molecule has 0 aliphatic heterocycles. The van der Waals surface area contributed by atoms with E-state index in [4.69, 9.17) is 0 Å². The molecule has 0 saturated heterocycles. The molecule has 0 aliphatic rings. The summed E-state index contributed by atoms with van der Waals surface area (Å²) >= 11 is 0. The van der Waals surface area contributed by atoms with E-state index < -0.39 is 23.4 Å². The summed E-state index contributed by atoms with van der Waals surface area (Å²) in [7, 11) is 1.18. The van der Waals surface area contributed by atoms with Gasteiger partial charge in [-0.15, -0.1) is 0 Å². The third-order valence-electron chi connectivity index (χ3n) is 1.67. The summed E-state index contributed by atoms with van der Waals surface area (Å²) in [4.78, 5) is 10.7. The Morgan fingerprint density at radius 1 is 1.40 bits per heavy atom. The maximum absolute atomic E-state index is 12.7. The first-order valence-electron chi connectivity index (χ1n) is 3.98. The lowest BCUT2D eigenvalue weighted by Gasteiger charge is -1.99. The first kappa shape index (κ1) is 11.2. The minimum Gasteiger partial charge on any atom is -0.507 e. The molecule has 0 aliphatic carbocycles. The van der Waals surface area contributed by atoms with Gasteiger partial charge >= 0.3 is 5.97 Å². The van der Waals surface area contributed by atoms with Crippen molar-refractivity contribution in [2.45, 2.75) is 0 Å². The van der Waals surface area contributed by atoms with Crippen molar-refractivity contribution in [1.29, 1.82) is 0 Å². The molecule has 15 heavy (non-hydrogen) atoms. The number of phenolic OH excluding ortho intramolecular Hbond substituents is 1. The normalized spacial score (nSPS) is 10.6. The fourth-order valence-electron chi connectivity index (χ4n) is 0.911. The summed E-state index contributed by atoms with van der Waals surface area (Å²) in [6, 6.07) is 1.41. The average Bonchev–Trinajstić information content (AvgIpc) is 2.21. The van der Waals surface area contributed by atoms with Gasteiger partial charge in [0, 0.05) is 17.7 Å². The van der Waals surface area contributed by atoms with E-state index in [-0.39, 0.29) is 5.56 Å². The number of ether oxygens (including phenoxy) is 1. The van der Waals surface area contributed by atoms with Crippen LogP contribution in [0.2, 0.25) is 0 Å². The van der Waals surface area contributed by atoms with Crippen molar-refractivity contribution in [2.24, 2.45) is 0 Å². The molecule has 1 rings (SSSR count). The number of carbonyl (C=O) groups excluding carboxylic acids is 1. The number of benzene rings is 1. The molecule has 0 heterocycles. The van der Waals surface area contributed by atoms with Gasteiger partial charge in [-0.05, 0) is 12.1 Å². The van der Waals surface area contributed by atoms with Crippen molar-refractivity contribution in [3.8, 4) is 5.75 Å². The molecule has 80 valence electrons. The van der Waals surface area contributed by atoms with E-state index in [0.717, 1.165) is 18.2 Å². The second kappa shape index (κ2) is 4.54. The monoisotopic (exact) mass is 214 g/mol. The molecular formula is C10H8F2O3. The molecule has 1 aromatic rings. The van der Waals surface area contributed by atoms with Crippen molar-refractivity contribution >= 4 is 12.0 Å². The van der Waals surface area contributed by atoms with Crippen molar-refractivity contribution in [2.75, 3.05) is 7.11 Å². The summed E-state index contributed by atoms with van der Waals surface area (Å²) in [6.07, 6.45) is 2.12.